The molecule has 170 valence electrons. The van der Waals surface area contributed by atoms with Crippen LogP contribution in [0.1, 0.15) is 49.0 Å². The first kappa shape index (κ1) is 22.3. The third kappa shape index (κ3) is 5.10. The van der Waals surface area contributed by atoms with E-state index in [0.29, 0.717) is 29.7 Å². The largest absolute Gasteiger partial charge is 0.493 e. The lowest BCUT2D eigenvalue weighted by molar-refractivity contribution is 0.101. The number of Topliss-reactive ketones (excluding diaryl/α,β-unsaturated/α-hetero) is 1. The highest BCUT2D eigenvalue weighted by Gasteiger charge is 2.22. The van der Waals surface area contributed by atoms with Crippen molar-refractivity contribution >= 4 is 16.7 Å². The van der Waals surface area contributed by atoms with Gasteiger partial charge in [-0.15, -0.1) is 0 Å². The standard InChI is InChI=1S/C25H30FN3O3/c1-18(30)19-6-8-24(25(15-19)31-2)32-14-4-3-11-28-12-9-22(10-13-28)29-23-16-21(26)7-5-20(23)17-27-29/h5-8,15-17,22H,3-4,9-14H2,1-2H3. The third-order valence-electron chi connectivity index (χ3n) is 6.16. The molecule has 1 aromatic heterocycles. The molecule has 2 heterocycles. The van der Waals surface area contributed by atoms with Crippen molar-refractivity contribution in [2.24, 2.45) is 0 Å². The second-order valence-corrected chi connectivity index (χ2v) is 8.34. The molecule has 0 radical (unpaired) electrons. The number of ether oxygens (including phenoxy) is 2. The summed E-state index contributed by atoms with van der Waals surface area (Å²) in [5, 5.41) is 5.50. The molecule has 6 nitrogen and oxygen atoms in total. The van der Waals surface area contributed by atoms with Crippen molar-refractivity contribution in [3.05, 3.63) is 54.0 Å². The van der Waals surface area contributed by atoms with E-state index < -0.39 is 0 Å². The van der Waals surface area contributed by atoms with E-state index >= 15 is 0 Å². The van der Waals surface area contributed by atoms with E-state index in [1.165, 1.54) is 13.0 Å². The van der Waals surface area contributed by atoms with Crippen LogP contribution in [0.3, 0.4) is 0 Å². The van der Waals surface area contributed by atoms with Crippen LogP contribution in [-0.4, -0.2) is 53.8 Å². The zero-order valence-electron chi connectivity index (χ0n) is 18.7. The van der Waals surface area contributed by atoms with Crippen LogP contribution in [0.5, 0.6) is 11.5 Å². The Labute approximate surface area is 187 Å². The van der Waals surface area contributed by atoms with Gasteiger partial charge in [0.2, 0.25) is 0 Å². The Balaban J connectivity index is 1.20. The number of halogens is 1. The number of ketones is 1. The molecule has 1 aliphatic heterocycles. The molecule has 1 fully saturated rings. The second kappa shape index (κ2) is 10.1. The van der Waals surface area contributed by atoms with Crippen LogP contribution in [0.25, 0.3) is 10.9 Å². The minimum Gasteiger partial charge on any atom is -0.493 e. The van der Waals surface area contributed by atoms with Gasteiger partial charge in [-0.1, -0.05) is 0 Å². The molecule has 7 heteroatoms. The molecule has 0 amide bonds. The number of rotatable bonds is 9. The Morgan fingerprint density at radius 3 is 2.69 bits per heavy atom. The summed E-state index contributed by atoms with van der Waals surface area (Å²) in [5.74, 6) is 1.05. The predicted octanol–water partition coefficient (Wildman–Crippen LogP) is 4.88. The number of nitrogens with zero attached hydrogens (tertiary/aromatic N) is 3. The van der Waals surface area contributed by atoms with Crippen molar-refractivity contribution in [3.8, 4) is 11.5 Å². The van der Waals surface area contributed by atoms with Crippen LogP contribution in [0.15, 0.2) is 42.6 Å². The van der Waals surface area contributed by atoms with E-state index in [1.807, 2.05) is 10.9 Å². The topological polar surface area (TPSA) is 56.6 Å². The molecule has 32 heavy (non-hydrogen) atoms. The lowest BCUT2D eigenvalue weighted by atomic mass is 10.0. The minimum atomic E-state index is -0.216. The summed E-state index contributed by atoms with van der Waals surface area (Å²) in [7, 11) is 1.58. The van der Waals surface area contributed by atoms with Gasteiger partial charge in [-0.25, -0.2) is 4.39 Å². The number of aromatic nitrogens is 2. The molecular weight excluding hydrogens is 409 g/mol. The number of fused-ring (bicyclic) bond motifs is 1. The van der Waals surface area contributed by atoms with E-state index in [1.54, 1.807) is 37.4 Å². The van der Waals surface area contributed by atoms with Gasteiger partial charge in [-0.2, -0.15) is 5.10 Å². The van der Waals surface area contributed by atoms with E-state index in [0.717, 1.165) is 56.2 Å². The van der Waals surface area contributed by atoms with Gasteiger partial charge in [0, 0.05) is 24.0 Å². The molecule has 0 saturated carbocycles. The first-order valence-corrected chi connectivity index (χ1v) is 11.2. The number of benzene rings is 2. The van der Waals surface area contributed by atoms with Crippen molar-refractivity contribution in [2.75, 3.05) is 33.4 Å². The van der Waals surface area contributed by atoms with Gasteiger partial charge in [-0.3, -0.25) is 9.48 Å². The summed E-state index contributed by atoms with van der Waals surface area (Å²) in [5.41, 5.74) is 1.50. The molecule has 4 rings (SSSR count). The predicted molar refractivity (Wildman–Crippen MR) is 122 cm³/mol. The van der Waals surface area contributed by atoms with Gasteiger partial charge in [-0.05, 0) is 75.5 Å². The highest BCUT2D eigenvalue weighted by molar-refractivity contribution is 5.94. The monoisotopic (exact) mass is 439 g/mol. The smallest absolute Gasteiger partial charge is 0.161 e. The fourth-order valence-electron chi connectivity index (χ4n) is 4.31. The number of carbonyl (C=O) groups is 1. The maximum absolute atomic E-state index is 13.6. The van der Waals surface area contributed by atoms with E-state index in [2.05, 4.69) is 10.00 Å². The first-order chi connectivity index (χ1) is 15.5. The maximum Gasteiger partial charge on any atom is 0.161 e. The van der Waals surface area contributed by atoms with Gasteiger partial charge in [0.25, 0.3) is 0 Å². The van der Waals surface area contributed by atoms with Crippen LogP contribution >= 0.6 is 0 Å². The number of unbranched alkanes of at least 4 members (excludes halogenated alkanes) is 1. The van der Waals surface area contributed by atoms with Gasteiger partial charge >= 0.3 is 0 Å². The zero-order valence-corrected chi connectivity index (χ0v) is 18.7. The van der Waals surface area contributed by atoms with E-state index in [-0.39, 0.29) is 11.6 Å². The number of methoxy groups -OCH3 is 1. The molecule has 2 aromatic carbocycles. The normalized spacial score (nSPS) is 15.2. The molecular formula is C25H30FN3O3. The Hall–Kier alpha value is -2.93. The van der Waals surface area contributed by atoms with Crippen LogP contribution in [-0.2, 0) is 0 Å². The third-order valence-corrected chi connectivity index (χ3v) is 6.16. The summed E-state index contributed by atoms with van der Waals surface area (Å²) in [6, 6.07) is 10.5. The Bertz CT molecular complexity index is 1070. The van der Waals surface area contributed by atoms with E-state index in [4.69, 9.17) is 9.47 Å². The van der Waals surface area contributed by atoms with Crippen molar-refractivity contribution in [1.29, 1.82) is 0 Å². The van der Waals surface area contributed by atoms with Gasteiger partial charge in [0.1, 0.15) is 5.82 Å². The number of carbonyl (C=O) groups excluding carboxylic acids is 1. The number of hydrogen-bond acceptors (Lipinski definition) is 5. The van der Waals surface area contributed by atoms with E-state index in [9.17, 15) is 9.18 Å². The van der Waals surface area contributed by atoms with Crippen molar-refractivity contribution in [3.63, 3.8) is 0 Å². The average molecular weight is 440 g/mol. The molecule has 0 bridgehead atoms. The summed E-state index contributed by atoms with van der Waals surface area (Å²) in [6.07, 6.45) is 5.85. The van der Waals surface area contributed by atoms with Crippen molar-refractivity contribution < 1.29 is 18.7 Å². The van der Waals surface area contributed by atoms with Crippen molar-refractivity contribution in [1.82, 2.24) is 14.7 Å². The quantitative estimate of drug-likeness (QED) is 0.351. The summed E-state index contributed by atoms with van der Waals surface area (Å²) >= 11 is 0. The number of likely N-dealkylation sites (tertiary alicyclic amines) is 1. The lowest BCUT2D eigenvalue weighted by Gasteiger charge is -2.32. The highest BCUT2D eigenvalue weighted by Crippen LogP contribution is 2.29. The maximum atomic E-state index is 13.6. The highest BCUT2D eigenvalue weighted by atomic mass is 19.1. The minimum absolute atomic E-state index is 0.00604. The molecule has 0 spiro atoms. The van der Waals surface area contributed by atoms with Crippen LogP contribution in [0.2, 0.25) is 0 Å². The first-order valence-electron chi connectivity index (χ1n) is 11.2. The Kier molecular flexibility index (Phi) is 7.05. The molecule has 0 aliphatic carbocycles. The van der Waals surface area contributed by atoms with Crippen molar-refractivity contribution in [2.45, 2.75) is 38.6 Å². The van der Waals surface area contributed by atoms with Crippen LogP contribution in [0.4, 0.5) is 4.39 Å². The summed E-state index contributed by atoms with van der Waals surface area (Å²) < 4.78 is 26.9. The second-order valence-electron chi connectivity index (χ2n) is 8.34. The Morgan fingerprint density at radius 1 is 1.12 bits per heavy atom. The molecule has 3 aromatic rings. The van der Waals surface area contributed by atoms with Crippen LogP contribution < -0.4 is 9.47 Å². The van der Waals surface area contributed by atoms with Gasteiger partial charge < -0.3 is 14.4 Å². The lowest BCUT2D eigenvalue weighted by Crippen LogP contribution is -2.35. The summed E-state index contributed by atoms with van der Waals surface area (Å²) in [6.45, 7) is 5.21. The van der Waals surface area contributed by atoms with Crippen LogP contribution in [0, 0.1) is 5.82 Å². The SMILES string of the molecule is COc1cc(C(C)=O)ccc1OCCCCN1CCC(n2ncc3ccc(F)cc32)CC1. The fourth-order valence-corrected chi connectivity index (χ4v) is 4.31. The molecule has 1 saturated heterocycles. The number of piperidine rings is 1. The molecule has 1 aliphatic rings. The average Bonchev–Trinajstić information content (AvgIpc) is 3.22. The summed E-state index contributed by atoms with van der Waals surface area (Å²) in [4.78, 5) is 14.0. The molecule has 0 unspecified atom stereocenters. The fraction of sp³-hybridized carbons (Fsp3) is 0.440. The van der Waals surface area contributed by atoms with Gasteiger partial charge in [0.15, 0.2) is 17.3 Å². The van der Waals surface area contributed by atoms with Gasteiger partial charge in [0.05, 0.1) is 31.5 Å². The molecule has 0 N–H and O–H groups in total. The molecule has 0 atom stereocenters. The zero-order chi connectivity index (χ0) is 22.5. The Morgan fingerprint density at radius 2 is 1.94 bits per heavy atom. The number of hydrogen-bond donors (Lipinski definition) is 0.